The Kier molecular flexibility index (Phi) is 6.78. The van der Waals surface area contributed by atoms with Crippen molar-refractivity contribution in [3.05, 3.63) is 18.5 Å². The van der Waals surface area contributed by atoms with Crippen LogP contribution in [0.2, 0.25) is 14.8 Å². The molecule has 0 spiro atoms. The van der Waals surface area contributed by atoms with Gasteiger partial charge < -0.3 is 0 Å². The van der Waals surface area contributed by atoms with Gasteiger partial charge in [0.25, 0.3) is 0 Å². The Morgan fingerprint density at radius 1 is 1.19 bits per heavy atom. The molecule has 0 amide bonds. The molecule has 0 aliphatic carbocycles. The van der Waals surface area contributed by atoms with Crippen LogP contribution >= 0.6 is 11.8 Å². The molecule has 1 aliphatic rings. The van der Waals surface area contributed by atoms with E-state index in [9.17, 15) is 0 Å². The van der Waals surface area contributed by atoms with Gasteiger partial charge in [-0.15, -0.1) is 0 Å². The quantitative estimate of drug-likeness (QED) is 0.417. The van der Waals surface area contributed by atoms with Crippen molar-refractivity contribution in [3.63, 3.8) is 0 Å². The molecule has 4 rings (SSSR count). The van der Waals surface area contributed by atoms with Crippen LogP contribution in [0.5, 0.6) is 11.5 Å². The van der Waals surface area contributed by atoms with E-state index in [2.05, 4.69) is 67.3 Å². The molecule has 0 saturated heterocycles. The molecule has 172 valence electrons. The van der Waals surface area contributed by atoms with Crippen LogP contribution in [-0.2, 0) is 6.54 Å². The van der Waals surface area contributed by atoms with E-state index in [0.29, 0.717) is 17.4 Å². The summed E-state index contributed by atoms with van der Waals surface area (Å²) >= 11 is -0.790. The first-order valence-corrected chi connectivity index (χ1v) is 21.7. The predicted molar refractivity (Wildman–Crippen MR) is 132 cm³/mol. The summed E-state index contributed by atoms with van der Waals surface area (Å²) in [6, 6.07) is 4.80. The molecule has 0 fully saturated rings. The molecule has 0 radical (unpaired) electrons. The zero-order valence-electron chi connectivity index (χ0n) is 19.7. The molecule has 2 N–H and O–H groups in total. The number of imidazole rings is 1. The maximum atomic E-state index is 6.15. The summed E-state index contributed by atoms with van der Waals surface area (Å²) in [5, 5.41) is 0.884. The fourth-order valence-corrected chi connectivity index (χ4v) is 11.0. The molecule has 8 nitrogen and oxygen atoms in total. The van der Waals surface area contributed by atoms with E-state index in [-0.39, 0.29) is 6.79 Å². The Hall–Kier alpha value is -1.72. The van der Waals surface area contributed by atoms with E-state index in [4.69, 9.17) is 20.2 Å². The van der Waals surface area contributed by atoms with Crippen molar-refractivity contribution in [1.82, 2.24) is 24.4 Å². The fraction of sp³-hybridized carbons (Fsp3) is 0.500. The number of anilines is 1. The third kappa shape index (κ3) is 4.79. The molecule has 0 unspecified atom stereocenters. The van der Waals surface area contributed by atoms with Crippen molar-refractivity contribution in [1.29, 1.82) is 0 Å². The van der Waals surface area contributed by atoms with Crippen molar-refractivity contribution in [2.24, 2.45) is 0 Å². The van der Waals surface area contributed by atoms with E-state index in [0.717, 1.165) is 41.8 Å². The number of nitrogens with zero attached hydrogens (tertiary/aromatic N) is 5. The van der Waals surface area contributed by atoms with Gasteiger partial charge in [0.15, 0.2) is 0 Å². The number of hydrogen-bond acceptors (Lipinski definition) is 8. The number of hydrogen-bond donors (Lipinski definition) is 1. The molecular formula is C22H32N6O2SSn. The molecule has 0 atom stereocenters. The molecule has 1 aliphatic heterocycles. The first-order chi connectivity index (χ1) is 15.1. The third-order valence-electron chi connectivity index (χ3n) is 5.78. The minimum absolute atomic E-state index is 0.274. The van der Waals surface area contributed by atoms with Gasteiger partial charge in [-0.25, -0.2) is 0 Å². The molecule has 32 heavy (non-hydrogen) atoms. The standard InChI is InChI=1S/C19H23N6O2S.3CH3.Sn/c1-12(2)24(3)7-4-8-25-18-16(17(20)21-10-22-18)23-19(25)28-13-5-6-14-15(9-13)27-11-26-14;;;;/h6,9-10,12H,4,7-8,11H2,1-3H3,(H2,20,21,22);3*1H3;. The Morgan fingerprint density at radius 2 is 1.91 bits per heavy atom. The number of fused-ring (bicyclic) bond motifs is 2. The van der Waals surface area contributed by atoms with Gasteiger partial charge in [-0.3, -0.25) is 0 Å². The molecule has 1 aromatic carbocycles. The van der Waals surface area contributed by atoms with Gasteiger partial charge in [0.05, 0.1) is 0 Å². The average Bonchev–Trinajstić information content (AvgIpc) is 3.32. The zero-order valence-corrected chi connectivity index (χ0v) is 23.3. The first-order valence-electron chi connectivity index (χ1n) is 10.9. The third-order valence-corrected chi connectivity index (χ3v) is 13.1. The number of nitrogens with two attached hydrogens (primary N) is 1. The molecule has 3 heterocycles. The molecule has 3 aromatic rings. The molecule has 0 saturated carbocycles. The van der Waals surface area contributed by atoms with Gasteiger partial charge in [0.2, 0.25) is 0 Å². The molecular weight excluding hydrogens is 531 g/mol. The maximum absolute atomic E-state index is 6.15. The Morgan fingerprint density at radius 3 is 2.59 bits per heavy atom. The number of benzene rings is 1. The normalized spacial score (nSPS) is 13.6. The minimum atomic E-state index is -2.46. The first kappa shape index (κ1) is 23.4. The number of nitrogen functional groups attached to an aromatic ring is 1. The average molecular weight is 563 g/mol. The second kappa shape index (κ2) is 9.26. The van der Waals surface area contributed by atoms with E-state index >= 15 is 0 Å². The molecule has 0 bridgehead atoms. The zero-order chi connectivity index (χ0) is 23.0. The monoisotopic (exact) mass is 564 g/mol. The topological polar surface area (TPSA) is 91.3 Å². The van der Waals surface area contributed by atoms with E-state index in [1.807, 2.05) is 0 Å². The summed E-state index contributed by atoms with van der Waals surface area (Å²) < 4.78 is 14.9. The molecule has 2 aromatic heterocycles. The summed E-state index contributed by atoms with van der Waals surface area (Å²) in [5.41, 5.74) is 7.60. The van der Waals surface area contributed by atoms with E-state index in [1.54, 1.807) is 11.8 Å². The van der Waals surface area contributed by atoms with Crippen molar-refractivity contribution in [3.8, 4) is 11.5 Å². The van der Waals surface area contributed by atoms with Gasteiger partial charge >= 0.3 is 198 Å². The number of aromatic nitrogens is 4. The van der Waals surface area contributed by atoms with Gasteiger partial charge in [0.1, 0.15) is 0 Å². The Labute approximate surface area is 197 Å². The van der Waals surface area contributed by atoms with Crippen molar-refractivity contribution < 1.29 is 9.47 Å². The van der Waals surface area contributed by atoms with Crippen LogP contribution in [0.4, 0.5) is 5.82 Å². The SMILES string of the molecule is CC(C)N(C)CCCn1c(Sc2cc3c(c[c]2[Sn]([CH3])([CH3])[CH3])OCO3)nc2c(N)ncnc21. The van der Waals surface area contributed by atoms with Gasteiger partial charge in [-0.05, 0) is 0 Å². The van der Waals surface area contributed by atoms with Crippen LogP contribution < -0.4 is 18.8 Å². The van der Waals surface area contributed by atoms with E-state index < -0.39 is 18.4 Å². The van der Waals surface area contributed by atoms with Crippen molar-refractivity contribution in [2.75, 3.05) is 26.1 Å². The second-order valence-electron chi connectivity index (χ2n) is 9.46. The second-order valence-corrected chi connectivity index (χ2v) is 24.8. The Bertz CT molecular complexity index is 1130. The van der Waals surface area contributed by atoms with E-state index in [1.165, 1.54) is 14.8 Å². The van der Waals surface area contributed by atoms with Gasteiger partial charge in [0, 0.05) is 0 Å². The van der Waals surface area contributed by atoms with Crippen LogP contribution in [0.25, 0.3) is 11.2 Å². The van der Waals surface area contributed by atoms with Gasteiger partial charge in [-0.1, -0.05) is 0 Å². The van der Waals surface area contributed by atoms with Crippen LogP contribution in [-0.4, -0.2) is 69.2 Å². The van der Waals surface area contributed by atoms with Crippen LogP contribution in [0.15, 0.2) is 28.5 Å². The molecule has 10 heteroatoms. The summed E-state index contributed by atoms with van der Waals surface area (Å²) in [7, 11) is 2.15. The summed E-state index contributed by atoms with van der Waals surface area (Å²) in [5.74, 6) is 2.06. The van der Waals surface area contributed by atoms with Crippen molar-refractivity contribution >= 4 is 50.7 Å². The predicted octanol–water partition coefficient (Wildman–Crippen LogP) is 3.56. The Balaban J connectivity index is 1.72. The number of ether oxygens (including phenoxy) is 2. The summed E-state index contributed by atoms with van der Waals surface area (Å²) in [6.07, 6.45) is 2.51. The van der Waals surface area contributed by atoms with Crippen molar-refractivity contribution in [2.45, 2.75) is 57.7 Å². The summed E-state index contributed by atoms with van der Waals surface area (Å²) in [4.78, 5) is 24.3. The van der Waals surface area contributed by atoms with Crippen LogP contribution in [0, 0.1) is 0 Å². The van der Waals surface area contributed by atoms with Crippen LogP contribution in [0.1, 0.15) is 20.3 Å². The van der Waals surface area contributed by atoms with Crippen LogP contribution in [0.3, 0.4) is 0 Å². The summed E-state index contributed by atoms with van der Waals surface area (Å²) in [6.45, 7) is 6.50. The fourth-order valence-electron chi connectivity index (χ4n) is 3.64. The van der Waals surface area contributed by atoms with Gasteiger partial charge in [-0.2, -0.15) is 0 Å². The number of rotatable bonds is 8. The number of aryl methyl sites for hydroxylation is 1.